The maximum Gasteiger partial charge on any atom is 0.200 e. The van der Waals surface area contributed by atoms with Gasteiger partial charge in [-0.15, -0.1) is 0 Å². The number of hydrogen-bond donors (Lipinski definition) is 1. The molecule has 0 spiro atoms. The molecule has 1 fully saturated rings. The van der Waals surface area contributed by atoms with Crippen LogP contribution < -0.4 is 5.73 Å². The molecule has 0 unspecified atom stereocenters. The second-order valence-corrected chi connectivity index (χ2v) is 2.20. The van der Waals surface area contributed by atoms with Gasteiger partial charge in [-0.25, -0.2) is 4.39 Å². The van der Waals surface area contributed by atoms with Crippen LogP contribution in [0.2, 0.25) is 0 Å². The van der Waals surface area contributed by atoms with E-state index in [-0.39, 0.29) is 0 Å². The highest BCUT2D eigenvalue weighted by Crippen LogP contribution is 2.42. The lowest BCUT2D eigenvalue weighted by Crippen LogP contribution is -2.07. The predicted molar refractivity (Wildman–Crippen MR) is 22.3 cm³/mol. The lowest BCUT2D eigenvalue weighted by molar-refractivity contribution is 0.416. The number of nitrogens with two attached hydrogens (primary N) is 1. The molecular formula is C3H5ClFN. The van der Waals surface area contributed by atoms with Crippen LogP contribution >= 0.6 is 11.6 Å². The van der Waals surface area contributed by atoms with Crippen LogP contribution in [0.3, 0.4) is 0 Å². The van der Waals surface area contributed by atoms with Gasteiger partial charge in [-0.05, 0) is 0 Å². The van der Waals surface area contributed by atoms with Crippen molar-refractivity contribution in [3.63, 3.8) is 0 Å². The van der Waals surface area contributed by atoms with Gasteiger partial charge in [-0.3, -0.25) is 0 Å². The Hall–Kier alpha value is 0.180. The smallest absolute Gasteiger partial charge is 0.200 e. The number of halogens is 2. The quantitative estimate of drug-likeness (QED) is 0.454. The fourth-order valence-corrected chi connectivity index (χ4v) is 0.401. The molecule has 2 N–H and O–H groups in total. The van der Waals surface area contributed by atoms with Gasteiger partial charge >= 0.3 is 0 Å². The molecule has 0 aliphatic heterocycles. The van der Waals surface area contributed by atoms with E-state index in [1.54, 1.807) is 0 Å². The summed E-state index contributed by atoms with van der Waals surface area (Å²) in [6, 6.07) is -0.404. The summed E-state index contributed by atoms with van der Waals surface area (Å²) in [5.74, 6) is 0. The van der Waals surface area contributed by atoms with E-state index in [9.17, 15) is 4.39 Å². The maximum absolute atomic E-state index is 11.8. The number of alkyl halides is 2. The van der Waals surface area contributed by atoms with Crippen molar-refractivity contribution in [3.05, 3.63) is 0 Å². The van der Waals surface area contributed by atoms with Gasteiger partial charge in [0.1, 0.15) is 0 Å². The third kappa shape index (κ3) is 0.502. The molecule has 36 valence electrons. The highest BCUT2D eigenvalue weighted by Gasteiger charge is 2.51. The molecule has 1 aliphatic rings. The van der Waals surface area contributed by atoms with Crippen molar-refractivity contribution in [2.45, 2.75) is 17.6 Å². The first kappa shape index (κ1) is 4.34. The number of rotatable bonds is 0. The fraction of sp³-hybridized carbons (Fsp3) is 1.00. The Morgan fingerprint density at radius 2 is 2.17 bits per heavy atom. The van der Waals surface area contributed by atoms with E-state index < -0.39 is 11.2 Å². The highest BCUT2D eigenvalue weighted by atomic mass is 35.5. The van der Waals surface area contributed by atoms with Crippen LogP contribution in [0.25, 0.3) is 0 Å². The molecule has 0 aromatic rings. The minimum atomic E-state index is -1.54. The molecule has 6 heavy (non-hydrogen) atoms. The van der Waals surface area contributed by atoms with Gasteiger partial charge in [-0.2, -0.15) is 0 Å². The fourth-order valence-electron chi connectivity index (χ4n) is 0.234. The molecule has 0 radical (unpaired) electrons. The van der Waals surface area contributed by atoms with E-state index in [1.165, 1.54) is 0 Å². The Morgan fingerprint density at radius 3 is 2.17 bits per heavy atom. The van der Waals surface area contributed by atoms with Crippen molar-refractivity contribution in [2.75, 3.05) is 0 Å². The normalized spacial score (nSPS) is 55.5. The molecule has 1 rings (SSSR count). The summed E-state index contributed by atoms with van der Waals surface area (Å²) in [5, 5.41) is -1.54. The van der Waals surface area contributed by atoms with Crippen molar-refractivity contribution < 1.29 is 4.39 Å². The van der Waals surface area contributed by atoms with Gasteiger partial charge < -0.3 is 5.73 Å². The third-order valence-electron chi connectivity index (χ3n) is 0.874. The van der Waals surface area contributed by atoms with E-state index in [0.29, 0.717) is 6.42 Å². The van der Waals surface area contributed by atoms with E-state index >= 15 is 0 Å². The van der Waals surface area contributed by atoms with Crippen molar-refractivity contribution >= 4 is 11.6 Å². The molecule has 1 saturated carbocycles. The average molecular weight is 110 g/mol. The Labute approximate surface area is 40.3 Å². The van der Waals surface area contributed by atoms with Gasteiger partial charge in [-0.1, -0.05) is 11.6 Å². The van der Waals surface area contributed by atoms with Gasteiger partial charge in [0.25, 0.3) is 0 Å². The van der Waals surface area contributed by atoms with Crippen LogP contribution in [-0.2, 0) is 0 Å². The molecule has 0 amide bonds. The Kier molecular flexibility index (Phi) is 0.632. The largest absolute Gasteiger partial charge is 0.324 e. The van der Waals surface area contributed by atoms with E-state index in [0.717, 1.165) is 0 Å². The first-order valence-electron chi connectivity index (χ1n) is 1.76. The summed E-state index contributed by atoms with van der Waals surface area (Å²) >= 11 is 5.00. The third-order valence-corrected chi connectivity index (χ3v) is 1.31. The lowest BCUT2D eigenvalue weighted by Gasteiger charge is -1.84. The van der Waals surface area contributed by atoms with E-state index in [1.807, 2.05) is 0 Å². The highest BCUT2D eigenvalue weighted by molar-refractivity contribution is 6.25. The van der Waals surface area contributed by atoms with E-state index in [2.05, 4.69) is 0 Å². The van der Waals surface area contributed by atoms with Crippen molar-refractivity contribution in [2.24, 2.45) is 5.73 Å². The zero-order valence-corrected chi connectivity index (χ0v) is 3.87. The second-order valence-electron chi connectivity index (χ2n) is 1.57. The Morgan fingerprint density at radius 1 is 2.00 bits per heavy atom. The molecule has 0 aromatic carbocycles. The zero-order chi connectivity index (χ0) is 4.78. The molecule has 0 bridgehead atoms. The topological polar surface area (TPSA) is 26.0 Å². The number of hydrogen-bond acceptors (Lipinski definition) is 1. The summed E-state index contributed by atoms with van der Waals surface area (Å²) in [7, 11) is 0. The van der Waals surface area contributed by atoms with Crippen molar-refractivity contribution in [1.29, 1.82) is 0 Å². The Bertz CT molecular complexity index is 73.2. The summed E-state index contributed by atoms with van der Waals surface area (Å²) < 4.78 is 11.8. The summed E-state index contributed by atoms with van der Waals surface area (Å²) in [6.45, 7) is 0. The van der Waals surface area contributed by atoms with Gasteiger partial charge in [0, 0.05) is 6.42 Å². The summed E-state index contributed by atoms with van der Waals surface area (Å²) in [4.78, 5) is 0. The molecule has 1 aliphatic carbocycles. The monoisotopic (exact) mass is 109 g/mol. The van der Waals surface area contributed by atoms with Gasteiger partial charge in [0.2, 0.25) is 0 Å². The minimum Gasteiger partial charge on any atom is -0.324 e. The van der Waals surface area contributed by atoms with Crippen LogP contribution in [0.15, 0.2) is 0 Å². The van der Waals surface area contributed by atoms with Gasteiger partial charge in [0.05, 0.1) is 6.04 Å². The van der Waals surface area contributed by atoms with Crippen LogP contribution in [0.1, 0.15) is 6.42 Å². The van der Waals surface area contributed by atoms with Crippen LogP contribution in [-0.4, -0.2) is 11.2 Å². The second kappa shape index (κ2) is 0.873. The van der Waals surface area contributed by atoms with Crippen LogP contribution in [0, 0.1) is 0 Å². The van der Waals surface area contributed by atoms with E-state index in [4.69, 9.17) is 17.3 Å². The Balaban J connectivity index is 2.41. The first-order chi connectivity index (χ1) is 2.63. The standard InChI is InChI=1S/C3H5ClFN/c4-3(5)1-2(3)6/h2H,1,6H2/t2-,3-/m0/s1. The molecule has 1 nitrogen and oxygen atoms in total. The maximum atomic E-state index is 11.8. The molecular weight excluding hydrogens is 104 g/mol. The van der Waals surface area contributed by atoms with Gasteiger partial charge in [0.15, 0.2) is 5.13 Å². The SMILES string of the molecule is N[C@H]1C[C@@]1(F)Cl. The summed E-state index contributed by atoms with van der Waals surface area (Å²) in [5.41, 5.74) is 4.99. The van der Waals surface area contributed by atoms with Crippen molar-refractivity contribution in [1.82, 2.24) is 0 Å². The molecule has 3 heteroatoms. The van der Waals surface area contributed by atoms with Crippen molar-refractivity contribution in [3.8, 4) is 0 Å². The minimum absolute atomic E-state index is 0.314. The lowest BCUT2D eigenvalue weighted by atomic mass is 10.8. The average Bonchev–Trinajstić information content (AvgIpc) is 1.73. The zero-order valence-electron chi connectivity index (χ0n) is 3.12. The molecule has 0 heterocycles. The molecule has 0 saturated heterocycles. The summed E-state index contributed by atoms with van der Waals surface area (Å²) in [6.07, 6.45) is 0.314. The van der Waals surface area contributed by atoms with Crippen LogP contribution in [0.5, 0.6) is 0 Å². The predicted octanol–water partition coefficient (Wildman–Crippen LogP) is 0.622. The first-order valence-corrected chi connectivity index (χ1v) is 2.14. The van der Waals surface area contributed by atoms with Crippen LogP contribution in [0.4, 0.5) is 4.39 Å². The molecule has 2 atom stereocenters. The molecule has 0 aromatic heterocycles.